The van der Waals surface area contributed by atoms with Gasteiger partial charge in [0.05, 0.1) is 6.26 Å². The first-order valence-electron chi connectivity index (χ1n) is 10.8. The molecule has 8 nitrogen and oxygen atoms in total. The molecule has 164 valence electrons. The van der Waals surface area contributed by atoms with E-state index in [0.29, 0.717) is 51.4 Å². The topological polar surface area (TPSA) is 81.4 Å². The van der Waals surface area contributed by atoms with Crippen molar-refractivity contribution in [2.75, 3.05) is 39.8 Å². The van der Waals surface area contributed by atoms with Gasteiger partial charge in [0.1, 0.15) is 0 Å². The lowest BCUT2D eigenvalue weighted by Gasteiger charge is -2.36. The van der Waals surface area contributed by atoms with E-state index in [1.807, 2.05) is 21.9 Å². The molecule has 1 aromatic carbocycles. The molecule has 1 N–H and O–H groups in total. The third kappa shape index (κ3) is 4.90. The minimum atomic E-state index is -0.0713. The number of piperazine rings is 1. The standard InChI is InChI=1S/C23H29N5O3/c1-24-23(27-13-11-26(12-14-27)22(30)20-8-5-15-31-20)25-16-18-6-2-3-7-19(18)17-28-10-4-9-21(28)29/h2-3,5-8,15H,4,9-14,16-17H2,1H3,(H,24,25). The van der Waals surface area contributed by atoms with E-state index in [9.17, 15) is 9.59 Å². The number of nitrogens with one attached hydrogen (secondary N) is 1. The third-order valence-electron chi connectivity index (χ3n) is 5.90. The van der Waals surface area contributed by atoms with Gasteiger partial charge in [0, 0.05) is 59.3 Å². The van der Waals surface area contributed by atoms with Gasteiger partial charge < -0.3 is 24.4 Å². The number of benzene rings is 1. The zero-order valence-electron chi connectivity index (χ0n) is 17.9. The van der Waals surface area contributed by atoms with E-state index in [1.165, 1.54) is 6.26 Å². The van der Waals surface area contributed by atoms with Crippen LogP contribution in [0.5, 0.6) is 0 Å². The van der Waals surface area contributed by atoms with Crippen LogP contribution >= 0.6 is 0 Å². The van der Waals surface area contributed by atoms with Gasteiger partial charge in [0.2, 0.25) is 5.91 Å². The zero-order valence-corrected chi connectivity index (χ0v) is 17.9. The molecule has 1 aromatic heterocycles. The average molecular weight is 424 g/mol. The van der Waals surface area contributed by atoms with Gasteiger partial charge in [-0.3, -0.25) is 14.6 Å². The molecule has 2 amide bonds. The monoisotopic (exact) mass is 423 g/mol. The highest BCUT2D eigenvalue weighted by Gasteiger charge is 2.25. The Morgan fingerprint density at radius 3 is 2.42 bits per heavy atom. The van der Waals surface area contributed by atoms with Crippen molar-refractivity contribution in [3.63, 3.8) is 0 Å². The number of hydrogen-bond acceptors (Lipinski definition) is 4. The fraction of sp³-hybridized carbons (Fsp3) is 0.435. The first-order valence-corrected chi connectivity index (χ1v) is 10.8. The van der Waals surface area contributed by atoms with Gasteiger partial charge in [-0.1, -0.05) is 24.3 Å². The molecule has 2 aliphatic rings. The molecule has 0 radical (unpaired) electrons. The molecule has 31 heavy (non-hydrogen) atoms. The fourth-order valence-corrected chi connectivity index (χ4v) is 4.15. The molecule has 0 spiro atoms. The van der Waals surface area contributed by atoms with Crippen LogP contribution in [0.25, 0.3) is 0 Å². The Bertz CT molecular complexity index is 932. The molecule has 0 unspecified atom stereocenters. The predicted octanol–water partition coefficient (Wildman–Crippen LogP) is 1.94. The molecule has 8 heteroatoms. The molecule has 4 rings (SSSR count). The summed E-state index contributed by atoms with van der Waals surface area (Å²) >= 11 is 0. The first kappa shape index (κ1) is 21.0. The van der Waals surface area contributed by atoms with Crippen molar-refractivity contribution in [1.82, 2.24) is 20.0 Å². The van der Waals surface area contributed by atoms with Crippen molar-refractivity contribution >= 4 is 17.8 Å². The number of furan rings is 1. The molecular formula is C23H29N5O3. The second kappa shape index (κ2) is 9.68. The highest BCUT2D eigenvalue weighted by atomic mass is 16.3. The zero-order chi connectivity index (χ0) is 21.6. The predicted molar refractivity (Wildman–Crippen MR) is 117 cm³/mol. The Kier molecular flexibility index (Phi) is 6.54. The van der Waals surface area contributed by atoms with Gasteiger partial charge in [-0.05, 0) is 29.7 Å². The Labute approximate surface area is 182 Å². The number of carbonyl (C=O) groups is 2. The Morgan fingerprint density at radius 2 is 1.77 bits per heavy atom. The summed E-state index contributed by atoms with van der Waals surface area (Å²) in [6.45, 7) is 4.77. The first-order chi connectivity index (χ1) is 15.2. The van der Waals surface area contributed by atoms with Gasteiger partial charge in [-0.25, -0.2) is 0 Å². The Balaban J connectivity index is 1.32. The fourth-order valence-electron chi connectivity index (χ4n) is 4.15. The Hall–Kier alpha value is -3.29. The number of likely N-dealkylation sites (tertiary alicyclic amines) is 1. The molecule has 2 aromatic rings. The van der Waals surface area contributed by atoms with Gasteiger partial charge in [0.25, 0.3) is 5.91 Å². The lowest BCUT2D eigenvalue weighted by Crippen LogP contribution is -2.53. The van der Waals surface area contributed by atoms with Crippen molar-refractivity contribution in [2.45, 2.75) is 25.9 Å². The molecule has 0 saturated carbocycles. The van der Waals surface area contributed by atoms with Crippen LogP contribution in [0.2, 0.25) is 0 Å². The van der Waals surface area contributed by atoms with Crippen LogP contribution in [0.15, 0.2) is 52.1 Å². The van der Waals surface area contributed by atoms with Gasteiger partial charge in [-0.2, -0.15) is 0 Å². The second-order valence-corrected chi connectivity index (χ2v) is 7.84. The van der Waals surface area contributed by atoms with Crippen LogP contribution in [0.4, 0.5) is 0 Å². The number of aliphatic imine (C=N–C) groups is 1. The van der Waals surface area contributed by atoms with Crippen LogP contribution < -0.4 is 5.32 Å². The molecule has 2 fully saturated rings. The summed E-state index contributed by atoms with van der Waals surface area (Å²) in [7, 11) is 1.78. The molecule has 0 bridgehead atoms. The number of carbonyl (C=O) groups excluding carboxylic acids is 2. The van der Waals surface area contributed by atoms with Gasteiger partial charge >= 0.3 is 0 Å². The second-order valence-electron chi connectivity index (χ2n) is 7.84. The van der Waals surface area contributed by atoms with E-state index >= 15 is 0 Å². The number of rotatable bonds is 5. The van der Waals surface area contributed by atoms with E-state index in [4.69, 9.17) is 4.42 Å². The normalized spacial score (nSPS) is 17.4. The van der Waals surface area contributed by atoms with E-state index < -0.39 is 0 Å². The van der Waals surface area contributed by atoms with Crippen molar-refractivity contribution in [3.05, 3.63) is 59.5 Å². The molecular weight excluding hydrogens is 394 g/mol. The van der Waals surface area contributed by atoms with Crippen LogP contribution in [0, 0.1) is 0 Å². The molecule has 2 aliphatic heterocycles. The average Bonchev–Trinajstić information content (AvgIpc) is 3.48. The van der Waals surface area contributed by atoms with Crippen LogP contribution in [0.3, 0.4) is 0 Å². The van der Waals surface area contributed by atoms with Crippen LogP contribution in [-0.2, 0) is 17.9 Å². The highest BCUT2D eigenvalue weighted by Crippen LogP contribution is 2.17. The molecule has 3 heterocycles. The molecule has 0 aliphatic carbocycles. The quantitative estimate of drug-likeness (QED) is 0.587. The minimum Gasteiger partial charge on any atom is -0.459 e. The van der Waals surface area contributed by atoms with E-state index in [1.54, 1.807) is 19.2 Å². The van der Waals surface area contributed by atoms with Gasteiger partial charge in [0.15, 0.2) is 11.7 Å². The van der Waals surface area contributed by atoms with E-state index in [0.717, 1.165) is 30.1 Å². The molecule has 2 saturated heterocycles. The summed E-state index contributed by atoms with van der Waals surface area (Å²) in [5.41, 5.74) is 2.32. The number of guanidine groups is 1. The highest BCUT2D eigenvalue weighted by molar-refractivity contribution is 5.91. The Morgan fingerprint density at radius 1 is 1.03 bits per heavy atom. The lowest BCUT2D eigenvalue weighted by molar-refractivity contribution is -0.128. The number of hydrogen-bond donors (Lipinski definition) is 1. The van der Waals surface area contributed by atoms with E-state index in [-0.39, 0.29) is 11.8 Å². The summed E-state index contributed by atoms with van der Waals surface area (Å²) in [6.07, 6.45) is 3.12. The third-order valence-corrected chi connectivity index (χ3v) is 5.90. The lowest BCUT2D eigenvalue weighted by atomic mass is 10.1. The van der Waals surface area contributed by atoms with Crippen molar-refractivity contribution in [1.29, 1.82) is 0 Å². The summed E-state index contributed by atoms with van der Waals surface area (Å²) in [6, 6.07) is 11.6. The maximum atomic E-state index is 12.5. The maximum Gasteiger partial charge on any atom is 0.289 e. The van der Waals surface area contributed by atoms with Crippen molar-refractivity contribution < 1.29 is 14.0 Å². The summed E-state index contributed by atoms with van der Waals surface area (Å²) in [4.78, 5) is 34.8. The maximum absolute atomic E-state index is 12.5. The van der Waals surface area contributed by atoms with Gasteiger partial charge in [-0.15, -0.1) is 0 Å². The van der Waals surface area contributed by atoms with Crippen molar-refractivity contribution in [2.24, 2.45) is 4.99 Å². The number of amides is 2. The van der Waals surface area contributed by atoms with E-state index in [2.05, 4.69) is 27.3 Å². The number of nitrogens with zero attached hydrogens (tertiary/aromatic N) is 4. The van der Waals surface area contributed by atoms with Crippen molar-refractivity contribution in [3.8, 4) is 0 Å². The largest absolute Gasteiger partial charge is 0.459 e. The summed E-state index contributed by atoms with van der Waals surface area (Å²) in [5, 5.41) is 3.45. The van der Waals surface area contributed by atoms with Crippen LogP contribution in [-0.4, -0.2) is 72.2 Å². The minimum absolute atomic E-state index is 0.0713. The summed E-state index contributed by atoms with van der Waals surface area (Å²) in [5.74, 6) is 1.36. The summed E-state index contributed by atoms with van der Waals surface area (Å²) < 4.78 is 5.23. The SMILES string of the molecule is CN=C(NCc1ccccc1CN1CCCC1=O)N1CCN(C(=O)c2ccco2)CC1. The van der Waals surface area contributed by atoms with Crippen LogP contribution in [0.1, 0.15) is 34.5 Å². The smallest absolute Gasteiger partial charge is 0.289 e. The molecule has 0 atom stereocenters.